The molecule has 3 unspecified atom stereocenters. The van der Waals surface area contributed by atoms with Gasteiger partial charge in [-0.3, -0.25) is 0 Å². The molecule has 1 fully saturated rings. The highest BCUT2D eigenvalue weighted by atomic mass is 31.1. The van der Waals surface area contributed by atoms with Gasteiger partial charge in [-0.05, 0) is 57.2 Å². The van der Waals surface area contributed by atoms with Gasteiger partial charge >= 0.3 is 6.09 Å². The Morgan fingerprint density at radius 2 is 1.42 bits per heavy atom. The highest BCUT2D eigenvalue weighted by molar-refractivity contribution is 7.73. The van der Waals surface area contributed by atoms with Crippen LogP contribution in [0.25, 0.3) is 0 Å². The van der Waals surface area contributed by atoms with Crippen LogP contribution in [0.2, 0.25) is 0 Å². The van der Waals surface area contributed by atoms with Crippen molar-refractivity contribution in [1.82, 2.24) is 4.90 Å². The highest BCUT2D eigenvalue weighted by Crippen LogP contribution is 2.46. The van der Waals surface area contributed by atoms with Gasteiger partial charge in [0, 0.05) is 18.2 Å². The van der Waals surface area contributed by atoms with E-state index in [1.165, 1.54) is 15.9 Å². The molecule has 3 atom stereocenters. The molecule has 1 aliphatic rings. The highest BCUT2D eigenvalue weighted by Gasteiger charge is 2.41. The maximum absolute atomic E-state index is 13.2. The molecule has 0 bridgehead atoms. The van der Waals surface area contributed by atoms with Crippen LogP contribution in [0, 0.1) is 0 Å². The van der Waals surface area contributed by atoms with Crippen LogP contribution in [0.15, 0.2) is 91.0 Å². The molecule has 0 saturated carbocycles. The number of likely N-dealkylation sites (tertiary alicyclic amines) is 1. The first kappa shape index (κ1) is 23.9. The van der Waals surface area contributed by atoms with Gasteiger partial charge in [0.05, 0.1) is 0 Å². The molecule has 0 radical (unpaired) electrons. The summed E-state index contributed by atoms with van der Waals surface area (Å²) in [7, 11) is 0.105. The Kier molecular flexibility index (Phi) is 7.84. The summed E-state index contributed by atoms with van der Waals surface area (Å²) >= 11 is 0. The molecular weight excluding hydrogens is 444 g/mol. The third-order valence-corrected chi connectivity index (χ3v) is 10.0. The summed E-state index contributed by atoms with van der Waals surface area (Å²) < 4.78 is 5.84. The van der Waals surface area contributed by atoms with Gasteiger partial charge < -0.3 is 9.64 Å². The van der Waals surface area contributed by atoms with Crippen LogP contribution in [0.1, 0.15) is 27.2 Å². The van der Waals surface area contributed by atoms with Crippen LogP contribution in [0.4, 0.5) is 4.79 Å². The average molecular weight is 478 g/mol. The van der Waals surface area contributed by atoms with Gasteiger partial charge in [0.25, 0.3) is 0 Å². The van der Waals surface area contributed by atoms with E-state index in [1.54, 1.807) is 0 Å². The van der Waals surface area contributed by atoms with E-state index in [2.05, 4.69) is 91.0 Å². The number of rotatable bonds is 6. The minimum absolute atomic E-state index is 0.177. The largest absolute Gasteiger partial charge is 0.444 e. The van der Waals surface area contributed by atoms with Crippen LogP contribution in [0.3, 0.4) is 0 Å². The SMILES string of the molecule is CC(C)(C)OC(=O)N1CC(P(c2ccccc2)c2ccccc2)CC1CPc1ccccc1. The van der Waals surface area contributed by atoms with Gasteiger partial charge in [-0.1, -0.05) is 99.6 Å². The normalized spacial score (nSPS) is 18.8. The van der Waals surface area contributed by atoms with E-state index in [1.807, 2.05) is 25.7 Å². The topological polar surface area (TPSA) is 29.5 Å². The zero-order valence-corrected chi connectivity index (χ0v) is 21.5. The molecule has 0 aromatic heterocycles. The fourth-order valence-electron chi connectivity index (χ4n) is 4.36. The second-order valence-corrected chi connectivity index (χ2v) is 13.3. The summed E-state index contributed by atoms with van der Waals surface area (Å²) in [5.41, 5.74) is -0.0896. The molecule has 172 valence electrons. The van der Waals surface area contributed by atoms with Crippen molar-refractivity contribution in [3.05, 3.63) is 91.0 Å². The van der Waals surface area contributed by atoms with E-state index in [4.69, 9.17) is 4.74 Å². The Morgan fingerprint density at radius 1 is 0.909 bits per heavy atom. The maximum atomic E-state index is 13.2. The summed E-state index contributed by atoms with van der Waals surface area (Å²) in [5, 5.41) is 4.09. The molecule has 5 heteroatoms. The summed E-state index contributed by atoms with van der Waals surface area (Å²) in [5.74, 6) is 0. The summed E-state index contributed by atoms with van der Waals surface area (Å²) in [6, 6.07) is 32.4. The molecular formula is C28H33NO2P2. The van der Waals surface area contributed by atoms with Gasteiger partial charge in [0.2, 0.25) is 0 Å². The molecule has 1 heterocycles. The fourth-order valence-corrected chi connectivity index (χ4v) is 8.56. The molecule has 3 aromatic rings. The van der Waals surface area contributed by atoms with Crippen molar-refractivity contribution in [1.29, 1.82) is 0 Å². The Bertz CT molecular complexity index is 983. The molecule has 1 amide bonds. The standard InChI is InChI=1S/C28H33NO2P2/c1-28(2,3)31-27(30)29-20-26(19-22(29)21-32-23-13-7-4-8-14-23)33(24-15-9-5-10-16-24)25-17-11-6-12-18-25/h4-18,22,26,32H,19-21H2,1-3H3. The first-order valence-corrected chi connectivity index (χ1v) is 14.2. The van der Waals surface area contributed by atoms with Crippen LogP contribution in [0.5, 0.6) is 0 Å². The molecule has 3 aromatic carbocycles. The van der Waals surface area contributed by atoms with Crippen LogP contribution in [-0.2, 0) is 4.74 Å². The number of hydrogen-bond donors (Lipinski definition) is 0. The molecule has 0 N–H and O–H groups in total. The van der Waals surface area contributed by atoms with E-state index >= 15 is 0 Å². The second-order valence-electron chi connectivity index (χ2n) is 9.46. The van der Waals surface area contributed by atoms with Crippen molar-refractivity contribution in [2.24, 2.45) is 0 Å². The summed E-state index contributed by atoms with van der Waals surface area (Å²) in [6.07, 6.45) is 1.81. The van der Waals surface area contributed by atoms with Crippen LogP contribution in [-0.4, -0.2) is 41.0 Å². The first-order valence-electron chi connectivity index (χ1n) is 11.6. The van der Waals surface area contributed by atoms with E-state index in [0.29, 0.717) is 14.2 Å². The molecule has 0 spiro atoms. The zero-order chi connectivity index (χ0) is 23.3. The van der Waals surface area contributed by atoms with Gasteiger partial charge in [0.15, 0.2) is 0 Å². The number of benzene rings is 3. The lowest BCUT2D eigenvalue weighted by molar-refractivity contribution is 0.0242. The number of carbonyl (C=O) groups is 1. The van der Waals surface area contributed by atoms with Crippen molar-refractivity contribution in [3.8, 4) is 0 Å². The van der Waals surface area contributed by atoms with Crippen molar-refractivity contribution >= 4 is 38.5 Å². The van der Waals surface area contributed by atoms with Crippen molar-refractivity contribution in [2.45, 2.75) is 44.5 Å². The lowest BCUT2D eigenvalue weighted by atomic mass is 10.2. The predicted octanol–water partition coefficient (Wildman–Crippen LogP) is 5.50. The van der Waals surface area contributed by atoms with Gasteiger partial charge in [-0.2, -0.15) is 0 Å². The molecule has 1 saturated heterocycles. The van der Waals surface area contributed by atoms with Crippen molar-refractivity contribution < 1.29 is 9.53 Å². The van der Waals surface area contributed by atoms with Crippen LogP contribution >= 0.6 is 16.5 Å². The van der Waals surface area contributed by atoms with E-state index in [-0.39, 0.29) is 12.1 Å². The lowest BCUT2D eigenvalue weighted by Crippen LogP contribution is -2.41. The van der Waals surface area contributed by atoms with Crippen molar-refractivity contribution in [2.75, 3.05) is 12.7 Å². The predicted molar refractivity (Wildman–Crippen MR) is 143 cm³/mol. The Hall–Kier alpha value is -2.21. The first-order chi connectivity index (χ1) is 15.9. The number of nitrogens with zero attached hydrogens (tertiary/aromatic N) is 1. The number of amides is 1. The Labute approximate surface area is 201 Å². The minimum Gasteiger partial charge on any atom is -0.444 e. The number of ether oxygens (including phenoxy) is 1. The zero-order valence-electron chi connectivity index (χ0n) is 19.6. The van der Waals surface area contributed by atoms with Crippen molar-refractivity contribution in [3.63, 3.8) is 0 Å². The third kappa shape index (κ3) is 6.44. The monoisotopic (exact) mass is 477 g/mol. The molecule has 3 nitrogen and oxygen atoms in total. The van der Waals surface area contributed by atoms with Gasteiger partial charge in [0.1, 0.15) is 5.60 Å². The number of hydrogen-bond acceptors (Lipinski definition) is 2. The molecule has 1 aliphatic heterocycles. The average Bonchev–Trinajstić information content (AvgIpc) is 3.23. The number of carbonyl (C=O) groups excluding carboxylic acids is 1. The molecule has 33 heavy (non-hydrogen) atoms. The van der Waals surface area contributed by atoms with E-state index < -0.39 is 13.5 Å². The van der Waals surface area contributed by atoms with E-state index in [0.717, 1.165) is 19.1 Å². The van der Waals surface area contributed by atoms with Gasteiger partial charge in [-0.15, -0.1) is 0 Å². The molecule has 4 rings (SSSR count). The lowest BCUT2D eigenvalue weighted by Gasteiger charge is -2.29. The fraction of sp³-hybridized carbons (Fsp3) is 0.321. The molecule has 0 aliphatic carbocycles. The maximum Gasteiger partial charge on any atom is 0.410 e. The summed E-state index contributed by atoms with van der Waals surface area (Å²) in [6.45, 7) is 6.58. The summed E-state index contributed by atoms with van der Waals surface area (Å²) in [4.78, 5) is 15.3. The third-order valence-electron chi connectivity index (χ3n) is 5.77. The second kappa shape index (κ2) is 10.8. The Balaban J connectivity index is 1.61. The Morgan fingerprint density at radius 3 is 1.94 bits per heavy atom. The van der Waals surface area contributed by atoms with Gasteiger partial charge in [-0.25, -0.2) is 4.79 Å². The van der Waals surface area contributed by atoms with E-state index in [9.17, 15) is 4.79 Å². The quantitative estimate of drug-likeness (QED) is 0.439. The van der Waals surface area contributed by atoms with Crippen LogP contribution < -0.4 is 15.9 Å². The smallest absolute Gasteiger partial charge is 0.410 e. The minimum atomic E-state index is -0.574.